The third-order valence-electron chi connectivity index (χ3n) is 2.36. The van der Waals surface area contributed by atoms with Gasteiger partial charge in [-0.05, 0) is 19.9 Å². The van der Waals surface area contributed by atoms with Crippen molar-refractivity contribution in [2.45, 2.75) is 26.0 Å². The smallest absolute Gasteiger partial charge is 0.124 e. The van der Waals surface area contributed by atoms with E-state index < -0.39 is 6.10 Å². The predicted octanol–water partition coefficient (Wildman–Crippen LogP) is 1.48. The third-order valence-corrected chi connectivity index (χ3v) is 2.36. The van der Waals surface area contributed by atoms with Crippen LogP contribution in [0.2, 0.25) is 0 Å². The largest absolute Gasteiger partial charge is 0.490 e. The van der Waals surface area contributed by atoms with Crippen LogP contribution in [0.4, 0.5) is 0 Å². The normalized spacial score (nSPS) is 14.4. The van der Waals surface area contributed by atoms with E-state index in [-0.39, 0.29) is 19.3 Å². The van der Waals surface area contributed by atoms with Crippen LogP contribution in [0.25, 0.3) is 0 Å². The lowest BCUT2D eigenvalue weighted by atomic mass is 10.1. The first-order valence-electron chi connectivity index (χ1n) is 5.88. The van der Waals surface area contributed by atoms with E-state index in [9.17, 15) is 5.11 Å². The van der Waals surface area contributed by atoms with Crippen molar-refractivity contribution in [1.29, 1.82) is 0 Å². The number of rotatable bonds is 7. The van der Waals surface area contributed by atoms with Gasteiger partial charge >= 0.3 is 0 Å². The van der Waals surface area contributed by atoms with Crippen LogP contribution in [-0.4, -0.2) is 31.0 Å². The van der Waals surface area contributed by atoms with Crippen LogP contribution in [0.3, 0.4) is 0 Å². The highest BCUT2D eigenvalue weighted by atomic mass is 16.5. The summed E-state index contributed by atoms with van der Waals surface area (Å²) in [5.74, 6) is 0.720. The molecule has 0 aromatic heterocycles. The van der Waals surface area contributed by atoms with Crippen molar-refractivity contribution in [3.63, 3.8) is 0 Å². The molecule has 0 aliphatic rings. The Bertz CT molecular complexity index is 328. The second kappa shape index (κ2) is 7.27. The number of nitrogens with two attached hydrogens (primary N) is 1. The summed E-state index contributed by atoms with van der Waals surface area (Å²) >= 11 is 0. The van der Waals surface area contributed by atoms with Gasteiger partial charge in [0.1, 0.15) is 18.5 Å². The highest BCUT2D eigenvalue weighted by molar-refractivity contribution is 5.35. The molecule has 0 amide bonds. The van der Waals surface area contributed by atoms with Gasteiger partial charge in [0, 0.05) is 18.2 Å². The Morgan fingerprint density at radius 2 is 2.00 bits per heavy atom. The van der Waals surface area contributed by atoms with E-state index in [1.807, 2.05) is 38.1 Å². The summed E-state index contributed by atoms with van der Waals surface area (Å²) in [6.07, 6.45) is -0.615. The molecule has 0 aliphatic carbocycles. The molecule has 1 unspecified atom stereocenters. The summed E-state index contributed by atoms with van der Waals surface area (Å²) in [7, 11) is 0. The molecule has 0 radical (unpaired) electrons. The van der Waals surface area contributed by atoms with Crippen LogP contribution in [0.1, 0.15) is 25.5 Å². The van der Waals surface area contributed by atoms with Crippen LogP contribution in [0.15, 0.2) is 24.3 Å². The molecule has 0 fully saturated rings. The standard InChI is InChI=1S/C13H21NO3/c1-3-16-8-11(15)9-17-13-7-5-4-6-12(13)10(2)14/h4-7,10-11,15H,3,8-9,14H2,1-2H3/t10-,11?/m0/s1. The molecule has 2 atom stereocenters. The zero-order valence-corrected chi connectivity index (χ0v) is 10.4. The van der Waals surface area contributed by atoms with E-state index in [0.717, 1.165) is 11.3 Å². The van der Waals surface area contributed by atoms with Crippen molar-refractivity contribution in [3.8, 4) is 5.75 Å². The molecule has 96 valence electrons. The van der Waals surface area contributed by atoms with Crippen LogP contribution in [-0.2, 0) is 4.74 Å². The first-order valence-corrected chi connectivity index (χ1v) is 5.88. The lowest BCUT2D eigenvalue weighted by Gasteiger charge is -2.16. The molecular formula is C13H21NO3. The van der Waals surface area contributed by atoms with E-state index >= 15 is 0 Å². The van der Waals surface area contributed by atoms with Gasteiger partial charge < -0.3 is 20.3 Å². The number of para-hydroxylation sites is 1. The summed E-state index contributed by atoms with van der Waals surface area (Å²) in [4.78, 5) is 0. The SMILES string of the molecule is CCOCC(O)COc1ccccc1[C@H](C)N. The highest BCUT2D eigenvalue weighted by Gasteiger charge is 2.10. The fourth-order valence-corrected chi connectivity index (χ4v) is 1.48. The molecule has 4 heteroatoms. The van der Waals surface area contributed by atoms with Crippen molar-refractivity contribution < 1.29 is 14.6 Å². The zero-order chi connectivity index (χ0) is 12.7. The molecule has 0 saturated heterocycles. The van der Waals surface area contributed by atoms with E-state index in [2.05, 4.69) is 0 Å². The third kappa shape index (κ3) is 4.73. The minimum atomic E-state index is -0.615. The molecular weight excluding hydrogens is 218 g/mol. The van der Waals surface area contributed by atoms with Gasteiger partial charge in [-0.2, -0.15) is 0 Å². The summed E-state index contributed by atoms with van der Waals surface area (Å²) < 4.78 is 10.7. The molecule has 3 N–H and O–H groups in total. The summed E-state index contributed by atoms with van der Waals surface area (Å²) in [5.41, 5.74) is 6.77. The van der Waals surface area contributed by atoms with E-state index in [1.54, 1.807) is 0 Å². The lowest BCUT2D eigenvalue weighted by molar-refractivity contribution is 0.0162. The Hall–Kier alpha value is -1.10. The predicted molar refractivity (Wildman–Crippen MR) is 67.0 cm³/mol. The fourth-order valence-electron chi connectivity index (χ4n) is 1.48. The van der Waals surface area contributed by atoms with Crippen molar-refractivity contribution in [3.05, 3.63) is 29.8 Å². The second-order valence-electron chi connectivity index (χ2n) is 3.95. The van der Waals surface area contributed by atoms with Gasteiger partial charge in [0.05, 0.1) is 6.61 Å². The maximum atomic E-state index is 9.59. The first kappa shape index (κ1) is 14.0. The average Bonchev–Trinajstić information content (AvgIpc) is 2.34. The molecule has 1 rings (SSSR count). The maximum Gasteiger partial charge on any atom is 0.124 e. The van der Waals surface area contributed by atoms with Gasteiger partial charge in [0.2, 0.25) is 0 Å². The number of aliphatic hydroxyl groups is 1. The molecule has 0 saturated carbocycles. The van der Waals surface area contributed by atoms with E-state index in [1.165, 1.54) is 0 Å². The molecule has 17 heavy (non-hydrogen) atoms. The maximum absolute atomic E-state index is 9.59. The van der Waals surface area contributed by atoms with Crippen LogP contribution in [0.5, 0.6) is 5.75 Å². The number of hydrogen-bond acceptors (Lipinski definition) is 4. The summed E-state index contributed by atoms with van der Waals surface area (Å²) in [6.45, 7) is 4.88. The zero-order valence-electron chi connectivity index (χ0n) is 10.4. The molecule has 0 aliphatic heterocycles. The van der Waals surface area contributed by atoms with Crippen molar-refractivity contribution in [1.82, 2.24) is 0 Å². The van der Waals surface area contributed by atoms with Crippen molar-refractivity contribution in [2.75, 3.05) is 19.8 Å². The molecule has 0 spiro atoms. The van der Waals surface area contributed by atoms with Gasteiger partial charge in [0.15, 0.2) is 0 Å². The van der Waals surface area contributed by atoms with Gasteiger partial charge in [-0.3, -0.25) is 0 Å². The Kier molecular flexibility index (Phi) is 5.97. The molecule has 0 heterocycles. The second-order valence-corrected chi connectivity index (χ2v) is 3.95. The molecule has 1 aromatic carbocycles. The average molecular weight is 239 g/mol. The number of benzene rings is 1. The van der Waals surface area contributed by atoms with Gasteiger partial charge in [-0.1, -0.05) is 18.2 Å². The minimum absolute atomic E-state index is 0.0877. The molecule has 4 nitrogen and oxygen atoms in total. The Labute approximate surface area is 102 Å². The summed E-state index contributed by atoms with van der Waals surface area (Å²) in [6, 6.07) is 7.49. The lowest BCUT2D eigenvalue weighted by Crippen LogP contribution is -2.24. The number of aliphatic hydroxyl groups excluding tert-OH is 1. The van der Waals surface area contributed by atoms with E-state index in [4.69, 9.17) is 15.2 Å². The van der Waals surface area contributed by atoms with Crippen LogP contribution < -0.4 is 10.5 Å². The molecule has 0 bridgehead atoms. The minimum Gasteiger partial charge on any atom is -0.490 e. The highest BCUT2D eigenvalue weighted by Crippen LogP contribution is 2.23. The van der Waals surface area contributed by atoms with Gasteiger partial charge in [0.25, 0.3) is 0 Å². The quantitative estimate of drug-likeness (QED) is 0.756. The fraction of sp³-hybridized carbons (Fsp3) is 0.538. The van der Waals surface area contributed by atoms with Gasteiger partial charge in [-0.15, -0.1) is 0 Å². The van der Waals surface area contributed by atoms with Crippen LogP contribution >= 0.6 is 0 Å². The van der Waals surface area contributed by atoms with E-state index in [0.29, 0.717) is 6.61 Å². The summed E-state index contributed by atoms with van der Waals surface area (Å²) in [5, 5.41) is 9.59. The monoisotopic (exact) mass is 239 g/mol. The Morgan fingerprint density at radius 3 is 2.65 bits per heavy atom. The van der Waals surface area contributed by atoms with Crippen molar-refractivity contribution in [2.24, 2.45) is 5.73 Å². The first-order chi connectivity index (χ1) is 8.15. The Morgan fingerprint density at radius 1 is 1.29 bits per heavy atom. The number of ether oxygens (including phenoxy) is 2. The van der Waals surface area contributed by atoms with Gasteiger partial charge in [-0.25, -0.2) is 0 Å². The molecule has 1 aromatic rings. The Balaban J connectivity index is 2.51. The van der Waals surface area contributed by atoms with Crippen molar-refractivity contribution >= 4 is 0 Å². The van der Waals surface area contributed by atoms with Crippen LogP contribution in [0, 0.1) is 0 Å². The topological polar surface area (TPSA) is 64.7 Å². The number of hydrogen-bond donors (Lipinski definition) is 2.